The van der Waals surface area contributed by atoms with Gasteiger partial charge in [0.05, 0.1) is 12.8 Å². The van der Waals surface area contributed by atoms with Gasteiger partial charge in [-0.2, -0.15) is 0 Å². The van der Waals surface area contributed by atoms with Crippen molar-refractivity contribution in [2.45, 2.75) is 32.1 Å². The Kier molecular flexibility index (Phi) is 6.26. The van der Waals surface area contributed by atoms with Gasteiger partial charge in [-0.25, -0.2) is 4.79 Å². The molecular formula is C17H25N3O3. The Hall–Kier alpha value is -2.24. The maximum absolute atomic E-state index is 12.5. The van der Waals surface area contributed by atoms with E-state index in [-0.39, 0.29) is 11.9 Å². The van der Waals surface area contributed by atoms with Gasteiger partial charge in [0.1, 0.15) is 5.75 Å². The number of rotatable bonds is 3. The second kappa shape index (κ2) is 8.41. The van der Waals surface area contributed by atoms with E-state index in [4.69, 9.17) is 4.74 Å². The van der Waals surface area contributed by atoms with Crippen LogP contribution in [-0.2, 0) is 0 Å². The SMILES string of the molecule is CNC(=O)c1ccc(OC)c(NC(=O)N2CCCCCCC2)c1. The first kappa shape index (κ1) is 17.1. The Morgan fingerprint density at radius 2 is 1.74 bits per heavy atom. The van der Waals surface area contributed by atoms with Gasteiger partial charge in [0.2, 0.25) is 0 Å². The molecule has 1 aromatic carbocycles. The van der Waals surface area contributed by atoms with E-state index in [1.165, 1.54) is 19.3 Å². The Morgan fingerprint density at radius 1 is 1.09 bits per heavy atom. The van der Waals surface area contributed by atoms with E-state index in [1.807, 2.05) is 4.90 Å². The maximum atomic E-state index is 12.5. The Labute approximate surface area is 137 Å². The quantitative estimate of drug-likeness (QED) is 0.900. The monoisotopic (exact) mass is 319 g/mol. The number of carbonyl (C=O) groups is 2. The van der Waals surface area contributed by atoms with E-state index in [0.29, 0.717) is 17.0 Å². The molecule has 0 radical (unpaired) electrons. The summed E-state index contributed by atoms with van der Waals surface area (Å²) in [6, 6.07) is 4.86. The van der Waals surface area contributed by atoms with Crippen LogP contribution >= 0.6 is 0 Å². The third-order valence-electron chi connectivity index (χ3n) is 4.07. The fourth-order valence-electron chi connectivity index (χ4n) is 2.74. The lowest BCUT2D eigenvalue weighted by atomic mass is 10.1. The molecular weight excluding hydrogens is 294 g/mol. The minimum Gasteiger partial charge on any atom is -0.495 e. The number of benzene rings is 1. The molecule has 1 saturated heterocycles. The van der Waals surface area contributed by atoms with Crippen LogP contribution in [0.4, 0.5) is 10.5 Å². The second-order valence-corrected chi connectivity index (χ2v) is 5.68. The molecule has 0 aliphatic carbocycles. The molecule has 0 aromatic heterocycles. The van der Waals surface area contributed by atoms with Crippen molar-refractivity contribution in [3.05, 3.63) is 23.8 Å². The number of urea groups is 1. The summed E-state index contributed by atoms with van der Waals surface area (Å²) in [4.78, 5) is 26.1. The molecule has 0 bridgehead atoms. The summed E-state index contributed by atoms with van der Waals surface area (Å²) in [6.45, 7) is 1.53. The minimum atomic E-state index is -0.200. The molecule has 126 valence electrons. The van der Waals surface area contributed by atoms with E-state index in [0.717, 1.165) is 25.9 Å². The van der Waals surface area contributed by atoms with E-state index < -0.39 is 0 Å². The van der Waals surface area contributed by atoms with E-state index in [1.54, 1.807) is 32.4 Å². The number of hydrogen-bond acceptors (Lipinski definition) is 3. The van der Waals surface area contributed by atoms with Crippen LogP contribution in [0.2, 0.25) is 0 Å². The van der Waals surface area contributed by atoms with Gasteiger partial charge in [0, 0.05) is 25.7 Å². The summed E-state index contributed by atoms with van der Waals surface area (Å²) in [5.74, 6) is 0.340. The highest BCUT2D eigenvalue weighted by Gasteiger charge is 2.17. The zero-order valence-electron chi connectivity index (χ0n) is 13.9. The lowest BCUT2D eigenvalue weighted by Crippen LogP contribution is -2.37. The lowest BCUT2D eigenvalue weighted by Gasteiger charge is -2.25. The number of carbonyl (C=O) groups excluding carboxylic acids is 2. The second-order valence-electron chi connectivity index (χ2n) is 5.68. The molecule has 6 heteroatoms. The molecule has 1 aromatic rings. The van der Waals surface area contributed by atoms with Crippen LogP contribution in [0.25, 0.3) is 0 Å². The van der Waals surface area contributed by atoms with Crippen molar-refractivity contribution >= 4 is 17.6 Å². The third kappa shape index (κ3) is 4.61. The lowest BCUT2D eigenvalue weighted by molar-refractivity contribution is 0.0963. The van der Waals surface area contributed by atoms with Crippen LogP contribution in [0.3, 0.4) is 0 Å². The number of likely N-dealkylation sites (tertiary alicyclic amines) is 1. The third-order valence-corrected chi connectivity index (χ3v) is 4.07. The first-order valence-corrected chi connectivity index (χ1v) is 8.11. The Bertz CT molecular complexity index is 552. The van der Waals surface area contributed by atoms with Crippen LogP contribution in [-0.4, -0.2) is 44.1 Å². The van der Waals surface area contributed by atoms with Crippen LogP contribution < -0.4 is 15.4 Å². The topological polar surface area (TPSA) is 70.7 Å². The average Bonchev–Trinajstić information content (AvgIpc) is 2.53. The summed E-state index contributed by atoms with van der Waals surface area (Å²) < 4.78 is 5.28. The molecule has 0 atom stereocenters. The molecule has 1 heterocycles. The number of methoxy groups -OCH3 is 1. The average molecular weight is 319 g/mol. The Morgan fingerprint density at radius 3 is 2.35 bits per heavy atom. The Balaban J connectivity index is 2.13. The minimum absolute atomic E-state index is 0.140. The predicted molar refractivity (Wildman–Crippen MR) is 90.1 cm³/mol. The van der Waals surface area contributed by atoms with Crippen molar-refractivity contribution in [1.29, 1.82) is 0 Å². The molecule has 2 rings (SSSR count). The molecule has 1 aliphatic rings. The van der Waals surface area contributed by atoms with Gasteiger partial charge in [0.25, 0.3) is 5.91 Å². The van der Waals surface area contributed by atoms with Gasteiger partial charge in [0.15, 0.2) is 0 Å². The molecule has 3 amide bonds. The van der Waals surface area contributed by atoms with Gasteiger partial charge in [-0.05, 0) is 31.0 Å². The van der Waals surface area contributed by atoms with Gasteiger partial charge in [-0.3, -0.25) is 4.79 Å². The highest BCUT2D eigenvalue weighted by Crippen LogP contribution is 2.26. The standard InChI is InChI=1S/C17H25N3O3/c1-18-16(21)13-8-9-15(23-2)14(12-13)19-17(22)20-10-6-4-3-5-7-11-20/h8-9,12H,3-7,10-11H2,1-2H3,(H,18,21)(H,19,22). The number of ether oxygens (including phenoxy) is 1. The van der Waals surface area contributed by atoms with Gasteiger partial charge < -0.3 is 20.3 Å². The van der Waals surface area contributed by atoms with Crippen molar-refractivity contribution in [2.75, 3.05) is 32.6 Å². The highest BCUT2D eigenvalue weighted by molar-refractivity contribution is 5.97. The summed E-state index contributed by atoms with van der Waals surface area (Å²) in [5.41, 5.74) is 0.997. The van der Waals surface area contributed by atoms with Gasteiger partial charge in [-0.15, -0.1) is 0 Å². The smallest absolute Gasteiger partial charge is 0.321 e. The molecule has 1 fully saturated rings. The predicted octanol–water partition coefficient (Wildman–Crippen LogP) is 2.85. The van der Waals surface area contributed by atoms with Gasteiger partial charge >= 0.3 is 6.03 Å². The van der Waals surface area contributed by atoms with Crippen LogP contribution in [0.1, 0.15) is 42.5 Å². The van der Waals surface area contributed by atoms with Crippen molar-refractivity contribution < 1.29 is 14.3 Å². The first-order valence-electron chi connectivity index (χ1n) is 8.11. The number of nitrogens with zero attached hydrogens (tertiary/aromatic N) is 1. The van der Waals surface area contributed by atoms with Crippen LogP contribution in [0, 0.1) is 0 Å². The number of amides is 3. The maximum Gasteiger partial charge on any atom is 0.321 e. The molecule has 1 aliphatic heterocycles. The molecule has 0 saturated carbocycles. The fourth-order valence-corrected chi connectivity index (χ4v) is 2.74. The fraction of sp³-hybridized carbons (Fsp3) is 0.529. The van der Waals surface area contributed by atoms with Crippen molar-refractivity contribution in [1.82, 2.24) is 10.2 Å². The van der Waals surface area contributed by atoms with Crippen molar-refractivity contribution in [2.24, 2.45) is 0 Å². The molecule has 23 heavy (non-hydrogen) atoms. The number of nitrogens with one attached hydrogen (secondary N) is 2. The number of hydrogen-bond donors (Lipinski definition) is 2. The summed E-state index contributed by atoms with van der Waals surface area (Å²) >= 11 is 0. The largest absolute Gasteiger partial charge is 0.495 e. The molecule has 2 N–H and O–H groups in total. The van der Waals surface area contributed by atoms with Crippen LogP contribution in [0.5, 0.6) is 5.75 Å². The summed E-state index contributed by atoms with van der Waals surface area (Å²) in [6.07, 6.45) is 5.64. The van der Waals surface area contributed by atoms with E-state index in [2.05, 4.69) is 10.6 Å². The van der Waals surface area contributed by atoms with Crippen LogP contribution in [0.15, 0.2) is 18.2 Å². The first-order chi connectivity index (χ1) is 11.2. The normalized spacial score (nSPS) is 15.3. The summed E-state index contributed by atoms with van der Waals surface area (Å²) in [5, 5.41) is 5.46. The highest BCUT2D eigenvalue weighted by atomic mass is 16.5. The molecule has 0 unspecified atom stereocenters. The van der Waals surface area contributed by atoms with E-state index >= 15 is 0 Å². The zero-order chi connectivity index (χ0) is 16.7. The molecule has 6 nitrogen and oxygen atoms in total. The van der Waals surface area contributed by atoms with E-state index in [9.17, 15) is 9.59 Å². The van der Waals surface area contributed by atoms with Crippen molar-refractivity contribution in [3.8, 4) is 5.75 Å². The zero-order valence-corrected chi connectivity index (χ0v) is 13.9. The van der Waals surface area contributed by atoms with Gasteiger partial charge in [-0.1, -0.05) is 19.3 Å². The van der Waals surface area contributed by atoms with Crippen molar-refractivity contribution in [3.63, 3.8) is 0 Å². The summed E-state index contributed by atoms with van der Waals surface area (Å²) in [7, 11) is 3.12. The number of anilines is 1. The molecule has 0 spiro atoms.